The molecule has 0 saturated heterocycles. The maximum Gasteiger partial charge on any atom is 0.322 e. The minimum atomic E-state index is -0.759. The highest BCUT2D eigenvalue weighted by atomic mass is 19.1. The maximum absolute atomic E-state index is 14.2. The van der Waals surface area contributed by atoms with Crippen LogP contribution in [0.4, 0.5) is 9.18 Å². The van der Waals surface area contributed by atoms with Gasteiger partial charge < -0.3 is 15.0 Å². The molecule has 0 unspecified atom stereocenters. The van der Waals surface area contributed by atoms with Crippen molar-refractivity contribution in [3.8, 4) is 0 Å². The molecular formula is C17H20FN3O3. The summed E-state index contributed by atoms with van der Waals surface area (Å²) in [5.41, 5.74) is 1.38. The van der Waals surface area contributed by atoms with Gasteiger partial charge in [-0.2, -0.15) is 0 Å². The van der Waals surface area contributed by atoms with Crippen molar-refractivity contribution in [1.29, 1.82) is 0 Å². The fourth-order valence-electron chi connectivity index (χ4n) is 3.15. The average molecular weight is 333 g/mol. The van der Waals surface area contributed by atoms with Gasteiger partial charge in [-0.25, -0.2) is 9.18 Å². The van der Waals surface area contributed by atoms with Gasteiger partial charge in [0.2, 0.25) is 0 Å². The average Bonchev–Trinajstić information content (AvgIpc) is 2.89. The predicted octanol–water partition coefficient (Wildman–Crippen LogP) is 1.65. The highest BCUT2D eigenvalue weighted by Crippen LogP contribution is 2.36. The van der Waals surface area contributed by atoms with Crippen molar-refractivity contribution >= 4 is 11.9 Å². The zero-order valence-corrected chi connectivity index (χ0v) is 13.7. The highest BCUT2D eigenvalue weighted by molar-refractivity contribution is 6.01. The summed E-state index contributed by atoms with van der Waals surface area (Å²) >= 11 is 0. The minimum Gasteiger partial charge on any atom is -0.385 e. The van der Waals surface area contributed by atoms with E-state index in [9.17, 15) is 14.0 Å². The lowest BCUT2D eigenvalue weighted by Gasteiger charge is -2.31. The molecule has 0 spiro atoms. The van der Waals surface area contributed by atoms with Gasteiger partial charge in [-0.15, -0.1) is 0 Å². The van der Waals surface area contributed by atoms with Crippen LogP contribution < -0.4 is 5.32 Å². The number of hydrogen-bond donors (Lipinski definition) is 1. The molecule has 24 heavy (non-hydrogen) atoms. The summed E-state index contributed by atoms with van der Waals surface area (Å²) < 4.78 is 19.2. The number of methoxy groups -OCH3 is 1. The topological polar surface area (TPSA) is 61.9 Å². The number of carbonyl (C=O) groups is 2. The van der Waals surface area contributed by atoms with Crippen molar-refractivity contribution in [2.24, 2.45) is 0 Å². The van der Waals surface area contributed by atoms with Gasteiger partial charge in [0, 0.05) is 32.9 Å². The highest BCUT2D eigenvalue weighted by Gasteiger charge is 2.43. The fourth-order valence-corrected chi connectivity index (χ4v) is 3.15. The van der Waals surface area contributed by atoms with E-state index < -0.39 is 11.9 Å². The summed E-state index contributed by atoms with van der Waals surface area (Å²) in [5.74, 6) is -0.606. The van der Waals surface area contributed by atoms with E-state index in [1.54, 1.807) is 37.3 Å². The fraction of sp³-hybridized carbons (Fsp3) is 0.412. The molecule has 0 fully saturated rings. The predicted molar refractivity (Wildman–Crippen MR) is 85.5 cm³/mol. The maximum atomic E-state index is 14.2. The Morgan fingerprint density at radius 3 is 2.79 bits per heavy atom. The number of rotatable bonds is 5. The second-order valence-corrected chi connectivity index (χ2v) is 5.90. The van der Waals surface area contributed by atoms with Gasteiger partial charge in [-0.05, 0) is 12.5 Å². The minimum absolute atomic E-state index is 0.166. The lowest BCUT2D eigenvalue weighted by Crippen LogP contribution is -2.45. The normalized spacial score (nSPS) is 20.5. The van der Waals surface area contributed by atoms with E-state index >= 15 is 0 Å². The van der Waals surface area contributed by atoms with Gasteiger partial charge in [0.15, 0.2) is 0 Å². The van der Waals surface area contributed by atoms with Crippen LogP contribution in [0.3, 0.4) is 0 Å². The Hall–Kier alpha value is -2.41. The van der Waals surface area contributed by atoms with Crippen LogP contribution in [0, 0.1) is 5.82 Å². The SMILES string of the molecule is COCCCN1CC2=C(C1=O)[C@@H](c1ccccc1F)NC(=O)N2C. The zero-order valence-electron chi connectivity index (χ0n) is 13.7. The number of likely N-dealkylation sites (N-methyl/N-ethyl adjacent to an activating group) is 1. The Balaban J connectivity index is 1.93. The first kappa shape index (κ1) is 16.4. The molecule has 2 aliphatic heterocycles. The lowest BCUT2D eigenvalue weighted by molar-refractivity contribution is -0.125. The Morgan fingerprint density at radius 1 is 1.33 bits per heavy atom. The molecule has 2 heterocycles. The summed E-state index contributed by atoms with van der Waals surface area (Å²) in [6.07, 6.45) is 0.707. The lowest BCUT2D eigenvalue weighted by atomic mass is 9.95. The van der Waals surface area contributed by atoms with Gasteiger partial charge in [0.25, 0.3) is 5.91 Å². The smallest absolute Gasteiger partial charge is 0.322 e. The quantitative estimate of drug-likeness (QED) is 0.834. The summed E-state index contributed by atoms with van der Waals surface area (Å²) in [6.45, 7) is 1.44. The van der Waals surface area contributed by atoms with E-state index in [0.29, 0.717) is 43.0 Å². The number of ether oxygens (including phenoxy) is 1. The molecule has 128 valence electrons. The number of carbonyl (C=O) groups excluding carboxylic acids is 2. The van der Waals surface area contributed by atoms with Crippen LogP contribution in [0.1, 0.15) is 18.0 Å². The molecule has 1 aromatic carbocycles. The first-order chi connectivity index (χ1) is 11.5. The standard InChI is InChI=1S/C17H20FN3O3/c1-20-13-10-21(8-5-9-24-2)16(22)14(13)15(19-17(20)23)11-6-3-4-7-12(11)18/h3-4,6-7,15H,5,8-10H2,1-2H3,(H,19,23)/t15-/m1/s1. The molecule has 3 amide bonds. The van der Waals surface area contributed by atoms with Crippen molar-refractivity contribution in [2.45, 2.75) is 12.5 Å². The van der Waals surface area contributed by atoms with E-state index in [2.05, 4.69) is 5.32 Å². The Bertz CT molecular complexity index is 704. The molecule has 0 saturated carbocycles. The van der Waals surface area contributed by atoms with Crippen LogP contribution in [-0.2, 0) is 9.53 Å². The van der Waals surface area contributed by atoms with Crippen molar-refractivity contribution in [3.63, 3.8) is 0 Å². The van der Waals surface area contributed by atoms with Gasteiger partial charge in [0.1, 0.15) is 5.82 Å². The molecule has 7 heteroatoms. The van der Waals surface area contributed by atoms with Gasteiger partial charge >= 0.3 is 6.03 Å². The number of nitrogens with zero attached hydrogens (tertiary/aromatic N) is 2. The molecule has 0 aliphatic carbocycles. The van der Waals surface area contributed by atoms with Crippen LogP contribution in [0.15, 0.2) is 35.5 Å². The number of benzene rings is 1. The molecule has 1 atom stereocenters. The van der Waals surface area contributed by atoms with Crippen molar-refractivity contribution in [3.05, 3.63) is 46.9 Å². The van der Waals surface area contributed by atoms with E-state index in [4.69, 9.17) is 4.74 Å². The van der Waals surface area contributed by atoms with Crippen LogP contribution in [0.5, 0.6) is 0 Å². The second-order valence-electron chi connectivity index (χ2n) is 5.90. The second kappa shape index (κ2) is 6.60. The summed E-state index contributed by atoms with van der Waals surface area (Å²) in [7, 11) is 3.23. The van der Waals surface area contributed by atoms with Gasteiger partial charge in [-0.1, -0.05) is 18.2 Å². The molecule has 3 rings (SSSR count). The third-order valence-electron chi connectivity index (χ3n) is 4.43. The number of nitrogens with one attached hydrogen (secondary N) is 1. The molecule has 2 aliphatic rings. The molecular weight excluding hydrogens is 313 g/mol. The summed E-state index contributed by atoms with van der Waals surface area (Å²) in [6, 6.07) is 5.10. The van der Waals surface area contributed by atoms with Crippen molar-refractivity contribution in [1.82, 2.24) is 15.1 Å². The largest absolute Gasteiger partial charge is 0.385 e. The number of amides is 3. The van der Waals surface area contributed by atoms with E-state index in [-0.39, 0.29) is 11.9 Å². The van der Waals surface area contributed by atoms with Crippen LogP contribution in [0.2, 0.25) is 0 Å². The Labute approximate surface area is 139 Å². The summed E-state index contributed by atoms with van der Waals surface area (Å²) in [5, 5.41) is 2.73. The van der Waals surface area contributed by atoms with Crippen LogP contribution in [0.25, 0.3) is 0 Å². The van der Waals surface area contributed by atoms with Crippen LogP contribution >= 0.6 is 0 Å². The molecule has 1 aromatic rings. The number of halogens is 1. The van der Waals surface area contributed by atoms with E-state index in [0.717, 1.165) is 0 Å². The first-order valence-corrected chi connectivity index (χ1v) is 7.84. The van der Waals surface area contributed by atoms with Gasteiger partial charge in [0.05, 0.1) is 23.9 Å². The molecule has 1 N–H and O–H groups in total. The summed E-state index contributed by atoms with van der Waals surface area (Å²) in [4.78, 5) is 28.1. The first-order valence-electron chi connectivity index (χ1n) is 7.84. The monoisotopic (exact) mass is 333 g/mol. The molecule has 0 radical (unpaired) electrons. The third-order valence-corrected chi connectivity index (χ3v) is 4.43. The number of urea groups is 1. The Morgan fingerprint density at radius 2 is 2.08 bits per heavy atom. The molecule has 0 aromatic heterocycles. The number of hydrogen-bond acceptors (Lipinski definition) is 3. The van der Waals surface area contributed by atoms with Crippen LogP contribution in [-0.4, -0.2) is 55.6 Å². The van der Waals surface area contributed by atoms with Crippen molar-refractivity contribution < 1.29 is 18.7 Å². The molecule has 6 nitrogen and oxygen atoms in total. The Kier molecular flexibility index (Phi) is 4.53. The van der Waals surface area contributed by atoms with E-state index in [1.165, 1.54) is 11.0 Å². The van der Waals surface area contributed by atoms with Gasteiger partial charge in [-0.3, -0.25) is 9.69 Å². The third kappa shape index (κ3) is 2.75. The zero-order chi connectivity index (χ0) is 17.3. The molecule has 0 bridgehead atoms. The van der Waals surface area contributed by atoms with Crippen molar-refractivity contribution in [2.75, 3.05) is 33.9 Å². The van der Waals surface area contributed by atoms with E-state index in [1.807, 2.05) is 0 Å².